The summed E-state index contributed by atoms with van der Waals surface area (Å²) < 4.78 is 5.83. The third-order valence-electron chi connectivity index (χ3n) is 2.91. The van der Waals surface area contributed by atoms with Crippen LogP contribution in [0.4, 0.5) is 5.69 Å². The number of primary amides is 1. The zero-order valence-electron chi connectivity index (χ0n) is 11.2. The second kappa shape index (κ2) is 5.43. The van der Waals surface area contributed by atoms with E-state index in [1.807, 2.05) is 13.8 Å². The van der Waals surface area contributed by atoms with Crippen molar-refractivity contribution in [1.29, 1.82) is 0 Å². The molecular weight excluding hydrogens is 276 g/mol. The van der Waals surface area contributed by atoms with Gasteiger partial charge in [-0.25, -0.2) is 0 Å². The minimum absolute atomic E-state index is 0.285. The summed E-state index contributed by atoms with van der Waals surface area (Å²) in [5.41, 5.74) is 13.6. The topological polar surface area (TPSA) is 78.3 Å². The molecule has 104 valence electrons. The number of anilines is 1. The molecule has 0 fully saturated rings. The summed E-state index contributed by atoms with van der Waals surface area (Å²) in [6, 6.07) is 8.32. The van der Waals surface area contributed by atoms with Crippen LogP contribution in [0, 0.1) is 13.8 Å². The van der Waals surface area contributed by atoms with Crippen molar-refractivity contribution in [3.05, 3.63) is 52.0 Å². The molecule has 2 aromatic carbocycles. The molecule has 0 bridgehead atoms. The van der Waals surface area contributed by atoms with Crippen molar-refractivity contribution < 1.29 is 9.53 Å². The van der Waals surface area contributed by atoms with Crippen molar-refractivity contribution in [2.75, 3.05) is 5.73 Å². The van der Waals surface area contributed by atoms with Crippen molar-refractivity contribution in [1.82, 2.24) is 0 Å². The zero-order chi connectivity index (χ0) is 14.9. The van der Waals surface area contributed by atoms with Crippen LogP contribution in [0.5, 0.6) is 11.5 Å². The van der Waals surface area contributed by atoms with Crippen LogP contribution < -0.4 is 16.2 Å². The predicted octanol–water partition coefficient (Wildman–Crippen LogP) is 3.43. The van der Waals surface area contributed by atoms with Crippen LogP contribution in [0.2, 0.25) is 5.02 Å². The first-order valence-electron chi connectivity index (χ1n) is 6.02. The molecule has 0 unspecified atom stereocenters. The average Bonchev–Trinajstić information content (AvgIpc) is 2.33. The van der Waals surface area contributed by atoms with Gasteiger partial charge in [-0.2, -0.15) is 0 Å². The summed E-state index contributed by atoms with van der Waals surface area (Å²) >= 11 is 5.98. The van der Waals surface area contributed by atoms with Crippen LogP contribution in [0.15, 0.2) is 30.3 Å². The molecule has 0 aromatic heterocycles. The smallest absolute Gasteiger partial charge is 0.252 e. The van der Waals surface area contributed by atoms with E-state index in [-0.39, 0.29) is 5.56 Å². The number of amides is 1. The maximum absolute atomic E-state index is 11.4. The molecule has 0 atom stereocenters. The van der Waals surface area contributed by atoms with Gasteiger partial charge in [-0.05, 0) is 49.2 Å². The molecule has 2 aromatic rings. The third kappa shape index (κ3) is 2.86. The number of aryl methyl sites for hydroxylation is 2. The number of benzene rings is 2. The van der Waals surface area contributed by atoms with Crippen molar-refractivity contribution in [3.8, 4) is 11.5 Å². The number of hydrogen-bond acceptors (Lipinski definition) is 3. The zero-order valence-corrected chi connectivity index (χ0v) is 12.0. The fourth-order valence-electron chi connectivity index (χ4n) is 2.00. The van der Waals surface area contributed by atoms with Gasteiger partial charge in [0.15, 0.2) is 0 Å². The van der Waals surface area contributed by atoms with Gasteiger partial charge in [0.25, 0.3) is 5.91 Å². The fourth-order valence-corrected chi connectivity index (χ4v) is 2.32. The van der Waals surface area contributed by atoms with Crippen molar-refractivity contribution in [2.45, 2.75) is 13.8 Å². The molecule has 2 rings (SSSR count). The molecule has 0 aliphatic heterocycles. The molecule has 5 heteroatoms. The van der Waals surface area contributed by atoms with Gasteiger partial charge in [-0.3, -0.25) is 4.79 Å². The van der Waals surface area contributed by atoms with Gasteiger partial charge < -0.3 is 16.2 Å². The highest BCUT2D eigenvalue weighted by atomic mass is 35.5. The number of nitrogens with two attached hydrogens (primary N) is 2. The van der Waals surface area contributed by atoms with Gasteiger partial charge in [0.1, 0.15) is 11.5 Å². The number of nitrogen functional groups attached to an aromatic ring is 1. The van der Waals surface area contributed by atoms with E-state index in [9.17, 15) is 4.79 Å². The van der Waals surface area contributed by atoms with E-state index < -0.39 is 5.91 Å². The van der Waals surface area contributed by atoms with Gasteiger partial charge in [0, 0.05) is 16.8 Å². The van der Waals surface area contributed by atoms with E-state index in [4.69, 9.17) is 27.8 Å². The van der Waals surface area contributed by atoms with Gasteiger partial charge in [-0.1, -0.05) is 11.6 Å². The second-order valence-electron chi connectivity index (χ2n) is 4.59. The fraction of sp³-hybridized carbons (Fsp3) is 0.133. The van der Waals surface area contributed by atoms with Gasteiger partial charge >= 0.3 is 0 Å². The monoisotopic (exact) mass is 290 g/mol. The standard InChI is InChI=1S/C15H15ClN2O2/c1-8-5-10(16)6-9(2)14(8)20-13-7-11(17)3-4-12(13)15(18)19/h3-7H,17H2,1-2H3,(H2,18,19). The highest BCUT2D eigenvalue weighted by molar-refractivity contribution is 6.30. The molecule has 0 aliphatic rings. The lowest BCUT2D eigenvalue weighted by Crippen LogP contribution is -2.12. The normalized spacial score (nSPS) is 10.3. The molecule has 0 spiro atoms. The Balaban J connectivity index is 2.50. The molecule has 0 aliphatic carbocycles. The van der Waals surface area contributed by atoms with Gasteiger partial charge in [0.2, 0.25) is 0 Å². The average molecular weight is 291 g/mol. The molecule has 0 saturated heterocycles. The van der Waals surface area contributed by atoms with Crippen LogP contribution in [0.1, 0.15) is 21.5 Å². The SMILES string of the molecule is Cc1cc(Cl)cc(C)c1Oc1cc(N)ccc1C(N)=O. The van der Waals surface area contributed by atoms with Crippen LogP contribution >= 0.6 is 11.6 Å². The first-order chi connectivity index (χ1) is 9.38. The molecule has 4 N–H and O–H groups in total. The summed E-state index contributed by atoms with van der Waals surface area (Å²) in [5.74, 6) is 0.415. The molecule has 20 heavy (non-hydrogen) atoms. The maximum Gasteiger partial charge on any atom is 0.252 e. The lowest BCUT2D eigenvalue weighted by Gasteiger charge is -2.14. The van der Waals surface area contributed by atoms with E-state index in [0.717, 1.165) is 11.1 Å². The summed E-state index contributed by atoms with van der Waals surface area (Å²) in [6.07, 6.45) is 0. The molecule has 0 radical (unpaired) electrons. The first kappa shape index (κ1) is 14.2. The van der Waals surface area contributed by atoms with E-state index in [1.165, 1.54) is 0 Å². The Morgan fingerprint density at radius 2 is 1.75 bits per heavy atom. The van der Waals surface area contributed by atoms with Crippen molar-refractivity contribution in [3.63, 3.8) is 0 Å². The number of carbonyl (C=O) groups is 1. The molecule has 4 nitrogen and oxygen atoms in total. The number of halogens is 1. The third-order valence-corrected chi connectivity index (χ3v) is 3.13. The summed E-state index contributed by atoms with van der Waals surface area (Å²) in [6.45, 7) is 3.76. The van der Waals surface area contributed by atoms with E-state index >= 15 is 0 Å². The number of ether oxygens (including phenoxy) is 1. The van der Waals surface area contributed by atoms with Crippen LogP contribution in [0.3, 0.4) is 0 Å². The number of rotatable bonds is 3. The van der Waals surface area contributed by atoms with Gasteiger partial charge in [0.05, 0.1) is 5.56 Å². The second-order valence-corrected chi connectivity index (χ2v) is 5.03. The van der Waals surface area contributed by atoms with E-state index in [2.05, 4.69) is 0 Å². The Hall–Kier alpha value is -2.20. The largest absolute Gasteiger partial charge is 0.456 e. The number of hydrogen-bond donors (Lipinski definition) is 2. The van der Waals surface area contributed by atoms with E-state index in [1.54, 1.807) is 30.3 Å². The minimum atomic E-state index is -0.565. The summed E-state index contributed by atoms with van der Waals surface area (Å²) in [5, 5.41) is 0.634. The lowest BCUT2D eigenvalue weighted by atomic mass is 10.1. The predicted molar refractivity (Wildman–Crippen MR) is 80.4 cm³/mol. The Bertz CT molecular complexity index is 661. The lowest BCUT2D eigenvalue weighted by molar-refractivity contribution is 0.0998. The Morgan fingerprint density at radius 3 is 2.30 bits per heavy atom. The summed E-state index contributed by atoms with van der Waals surface area (Å²) in [4.78, 5) is 11.4. The van der Waals surface area contributed by atoms with Crippen molar-refractivity contribution in [2.24, 2.45) is 5.73 Å². The molecular formula is C15H15ClN2O2. The Morgan fingerprint density at radius 1 is 1.15 bits per heavy atom. The summed E-state index contributed by atoms with van der Waals surface area (Å²) in [7, 11) is 0. The number of carbonyl (C=O) groups excluding carboxylic acids is 1. The quantitative estimate of drug-likeness (QED) is 0.850. The Kier molecular flexibility index (Phi) is 3.86. The Labute approximate surface area is 122 Å². The van der Waals surface area contributed by atoms with Crippen LogP contribution in [-0.4, -0.2) is 5.91 Å². The maximum atomic E-state index is 11.4. The first-order valence-corrected chi connectivity index (χ1v) is 6.40. The van der Waals surface area contributed by atoms with Gasteiger partial charge in [-0.15, -0.1) is 0 Å². The minimum Gasteiger partial charge on any atom is -0.456 e. The van der Waals surface area contributed by atoms with Crippen LogP contribution in [0.25, 0.3) is 0 Å². The molecule has 1 amide bonds. The van der Waals surface area contributed by atoms with Crippen LogP contribution in [-0.2, 0) is 0 Å². The van der Waals surface area contributed by atoms with E-state index in [0.29, 0.717) is 22.2 Å². The van der Waals surface area contributed by atoms with Crippen molar-refractivity contribution >= 4 is 23.2 Å². The highest BCUT2D eigenvalue weighted by Gasteiger charge is 2.13. The highest BCUT2D eigenvalue weighted by Crippen LogP contribution is 2.33. The molecule has 0 saturated carbocycles. The molecule has 0 heterocycles.